The van der Waals surface area contributed by atoms with E-state index in [1.165, 1.54) is 17.0 Å². The number of carbonyl (C=O) groups excluding carboxylic acids is 2. The first kappa shape index (κ1) is 31.3. The molecular weight excluding hydrogens is 573 g/mol. The largest absolute Gasteiger partial charge is 0.494 e. The molecule has 0 bridgehead atoms. The fourth-order valence-electron chi connectivity index (χ4n) is 3.96. The lowest BCUT2D eigenvalue weighted by molar-refractivity contribution is -0.139. The quantitative estimate of drug-likeness (QED) is 0.276. The Morgan fingerprint density at radius 1 is 0.925 bits per heavy atom. The van der Waals surface area contributed by atoms with E-state index in [1.807, 2.05) is 13.8 Å². The van der Waals surface area contributed by atoms with Gasteiger partial charge in [0, 0.05) is 28.7 Å². The summed E-state index contributed by atoms with van der Waals surface area (Å²) in [5, 5.41) is 3.45. The molecule has 1 atom stereocenters. The summed E-state index contributed by atoms with van der Waals surface area (Å²) in [5.74, 6) is -0.425. The highest BCUT2D eigenvalue weighted by atomic mass is 35.5. The van der Waals surface area contributed by atoms with Crippen LogP contribution in [0.25, 0.3) is 0 Å². The topological polar surface area (TPSA) is 96.0 Å². The molecule has 3 aromatic carbocycles. The number of amides is 2. The van der Waals surface area contributed by atoms with Crippen LogP contribution in [0, 0.1) is 0 Å². The van der Waals surface area contributed by atoms with Gasteiger partial charge >= 0.3 is 0 Å². The first-order chi connectivity index (χ1) is 19.1. The van der Waals surface area contributed by atoms with Gasteiger partial charge in [0.05, 0.1) is 17.2 Å². The van der Waals surface area contributed by atoms with Crippen LogP contribution in [0.5, 0.6) is 5.75 Å². The average Bonchev–Trinajstić information content (AvgIpc) is 2.95. The van der Waals surface area contributed by atoms with Gasteiger partial charge in [-0.1, -0.05) is 54.4 Å². The highest BCUT2D eigenvalue weighted by molar-refractivity contribution is 7.92. The van der Waals surface area contributed by atoms with Crippen molar-refractivity contribution in [2.75, 3.05) is 24.0 Å². The standard InChI is InChI=1S/C29H33Cl2N3O5S/c1-4-18-32-29(36)21(3)33(19-25-26(30)12-9-13-27(25)31)28(35)20-34(22-14-16-23(17-15-22)39-5-2)40(37,38)24-10-7-6-8-11-24/h6-17,21H,4-5,18-20H2,1-3H3,(H,32,36). The fourth-order valence-corrected chi connectivity index (χ4v) is 5.91. The zero-order valence-corrected chi connectivity index (χ0v) is 25.0. The monoisotopic (exact) mass is 605 g/mol. The van der Waals surface area contributed by atoms with E-state index in [4.69, 9.17) is 27.9 Å². The number of ether oxygens (including phenoxy) is 1. The van der Waals surface area contributed by atoms with Gasteiger partial charge in [-0.15, -0.1) is 0 Å². The minimum absolute atomic E-state index is 0.0196. The predicted molar refractivity (Wildman–Crippen MR) is 158 cm³/mol. The third kappa shape index (κ3) is 7.68. The van der Waals surface area contributed by atoms with Crippen molar-refractivity contribution >= 4 is 50.7 Å². The summed E-state index contributed by atoms with van der Waals surface area (Å²) in [6.07, 6.45) is 0.712. The third-order valence-electron chi connectivity index (χ3n) is 6.15. The number of nitrogens with one attached hydrogen (secondary N) is 1. The number of sulfonamides is 1. The number of nitrogens with zero attached hydrogens (tertiary/aromatic N) is 2. The first-order valence-electron chi connectivity index (χ1n) is 12.9. The maximum Gasteiger partial charge on any atom is 0.264 e. The molecule has 214 valence electrons. The molecular formula is C29H33Cl2N3O5S. The van der Waals surface area contributed by atoms with Gasteiger partial charge in [0.1, 0.15) is 18.3 Å². The maximum atomic E-state index is 14.0. The van der Waals surface area contributed by atoms with Crippen molar-refractivity contribution in [2.24, 2.45) is 0 Å². The van der Waals surface area contributed by atoms with E-state index in [2.05, 4.69) is 5.32 Å². The molecule has 0 heterocycles. The number of rotatable bonds is 13. The highest BCUT2D eigenvalue weighted by Gasteiger charge is 2.33. The summed E-state index contributed by atoms with van der Waals surface area (Å²) < 4.78 is 34.2. The van der Waals surface area contributed by atoms with Gasteiger partial charge in [-0.05, 0) is 68.8 Å². The van der Waals surface area contributed by atoms with Gasteiger partial charge in [0.2, 0.25) is 11.8 Å². The lowest BCUT2D eigenvalue weighted by Gasteiger charge is -2.32. The molecule has 0 spiro atoms. The molecule has 0 saturated carbocycles. The molecule has 0 saturated heterocycles. The number of benzene rings is 3. The van der Waals surface area contributed by atoms with Gasteiger partial charge in [-0.3, -0.25) is 13.9 Å². The zero-order valence-electron chi connectivity index (χ0n) is 22.6. The van der Waals surface area contributed by atoms with Crippen molar-refractivity contribution in [3.63, 3.8) is 0 Å². The van der Waals surface area contributed by atoms with E-state index < -0.39 is 28.5 Å². The van der Waals surface area contributed by atoms with Crippen LogP contribution in [-0.2, 0) is 26.2 Å². The molecule has 0 fully saturated rings. The molecule has 0 radical (unpaired) electrons. The third-order valence-corrected chi connectivity index (χ3v) is 8.65. The number of carbonyl (C=O) groups is 2. The Kier molecular flexibility index (Phi) is 11.2. The molecule has 1 N–H and O–H groups in total. The minimum atomic E-state index is -4.16. The number of halogens is 2. The number of hydrogen-bond acceptors (Lipinski definition) is 5. The lowest BCUT2D eigenvalue weighted by Crippen LogP contribution is -2.51. The van der Waals surface area contributed by atoms with Crippen LogP contribution in [0.1, 0.15) is 32.8 Å². The molecule has 0 aliphatic rings. The smallest absolute Gasteiger partial charge is 0.264 e. The Morgan fingerprint density at radius 2 is 1.55 bits per heavy atom. The van der Waals surface area contributed by atoms with Crippen molar-refractivity contribution in [2.45, 2.75) is 44.7 Å². The van der Waals surface area contributed by atoms with E-state index in [9.17, 15) is 18.0 Å². The van der Waals surface area contributed by atoms with Crippen LogP contribution in [0.15, 0.2) is 77.7 Å². The molecule has 0 aromatic heterocycles. The van der Waals surface area contributed by atoms with E-state index in [0.29, 0.717) is 40.9 Å². The van der Waals surface area contributed by atoms with Crippen LogP contribution < -0.4 is 14.4 Å². The van der Waals surface area contributed by atoms with Crippen molar-refractivity contribution in [1.29, 1.82) is 0 Å². The van der Waals surface area contributed by atoms with Gasteiger partial charge in [0.25, 0.3) is 10.0 Å². The van der Waals surface area contributed by atoms with Gasteiger partial charge in [0.15, 0.2) is 0 Å². The van der Waals surface area contributed by atoms with E-state index in [0.717, 1.165) is 4.31 Å². The summed E-state index contributed by atoms with van der Waals surface area (Å²) in [4.78, 5) is 28.2. The Bertz CT molecular complexity index is 1380. The predicted octanol–water partition coefficient (Wildman–Crippen LogP) is 5.53. The average molecular weight is 607 g/mol. The first-order valence-corrected chi connectivity index (χ1v) is 15.1. The second kappa shape index (κ2) is 14.4. The number of anilines is 1. The normalized spacial score (nSPS) is 11.9. The zero-order chi connectivity index (χ0) is 29.3. The number of hydrogen-bond donors (Lipinski definition) is 1. The Morgan fingerprint density at radius 3 is 2.12 bits per heavy atom. The van der Waals surface area contributed by atoms with Gasteiger partial charge in [-0.2, -0.15) is 0 Å². The van der Waals surface area contributed by atoms with E-state index >= 15 is 0 Å². The van der Waals surface area contributed by atoms with Crippen LogP contribution in [0.4, 0.5) is 5.69 Å². The molecule has 0 aliphatic carbocycles. The second-order valence-corrected chi connectivity index (χ2v) is 11.6. The van der Waals surface area contributed by atoms with Crippen LogP contribution in [0.2, 0.25) is 10.0 Å². The van der Waals surface area contributed by atoms with Crippen LogP contribution in [0.3, 0.4) is 0 Å². The highest BCUT2D eigenvalue weighted by Crippen LogP contribution is 2.29. The molecule has 3 rings (SSSR count). The van der Waals surface area contributed by atoms with E-state index in [-0.39, 0.29) is 23.0 Å². The molecule has 0 aliphatic heterocycles. The van der Waals surface area contributed by atoms with Crippen molar-refractivity contribution in [3.8, 4) is 5.75 Å². The van der Waals surface area contributed by atoms with E-state index in [1.54, 1.807) is 67.6 Å². The molecule has 2 amide bonds. The lowest BCUT2D eigenvalue weighted by atomic mass is 10.1. The Balaban J connectivity index is 2.04. The Labute approximate surface area is 245 Å². The molecule has 11 heteroatoms. The summed E-state index contributed by atoms with van der Waals surface area (Å²) in [7, 11) is -4.16. The summed E-state index contributed by atoms with van der Waals surface area (Å²) in [5.41, 5.74) is 0.715. The van der Waals surface area contributed by atoms with Crippen molar-refractivity contribution in [1.82, 2.24) is 10.2 Å². The fraction of sp³-hybridized carbons (Fsp3) is 0.310. The maximum absolute atomic E-state index is 14.0. The van der Waals surface area contributed by atoms with Gasteiger partial charge < -0.3 is 15.0 Å². The summed E-state index contributed by atoms with van der Waals surface area (Å²) in [6.45, 7) is 5.55. The van der Waals surface area contributed by atoms with Crippen LogP contribution >= 0.6 is 23.2 Å². The minimum Gasteiger partial charge on any atom is -0.494 e. The Hall–Kier alpha value is -3.27. The summed E-state index contributed by atoms with van der Waals surface area (Å²) >= 11 is 12.8. The molecule has 8 nitrogen and oxygen atoms in total. The van der Waals surface area contributed by atoms with Crippen molar-refractivity contribution < 1.29 is 22.7 Å². The van der Waals surface area contributed by atoms with Gasteiger partial charge in [-0.25, -0.2) is 8.42 Å². The van der Waals surface area contributed by atoms with Crippen LogP contribution in [-0.4, -0.2) is 50.9 Å². The van der Waals surface area contributed by atoms with Crippen molar-refractivity contribution in [3.05, 3.63) is 88.4 Å². The molecule has 1 unspecified atom stereocenters. The molecule has 3 aromatic rings. The molecule has 40 heavy (non-hydrogen) atoms. The summed E-state index contributed by atoms with van der Waals surface area (Å²) in [6, 6.07) is 18.3. The SMILES string of the molecule is CCCNC(=O)C(C)N(Cc1c(Cl)cccc1Cl)C(=O)CN(c1ccc(OCC)cc1)S(=O)(=O)c1ccccc1. The second-order valence-electron chi connectivity index (χ2n) is 8.94.